The maximum absolute atomic E-state index is 13.3. The molecule has 2 aromatic rings. The third-order valence-electron chi connectivity index (χ3n) is 4.46. The van der Waals surface area contributed by atoms with Crippen LogP contribution in [-0.4, -0.2) is 45.7 Å². The van der Waals surface area contributed by atoms with Crippen LogP contribution in [-0.2, 0) is 0 Å². The van der Waals surface area contributed by atoms with E-state index in [0.29, 0.717) is 12.1 Å². The first kappa shape index (κ1) is 16.6. The number of aliphatic hydroxyl groups excluding tert-OH is 1. The molecule has 24 heavy (non-hydrogen) atoms. The van der Waals surface area contributed by atoms with Crippen LogP contribution in [0.25, 0.3) is 0 Å². The van der Waals surface area contributed by atoms with Crippen molar-refractivity contribution in [3.05, 3.63) is 53.1 Å². The molecule has 0 unspecified atom stereocenters. The highest BCUT2D eigenvalue weighted by Gasteiger charge is 2.25. The lowest BCUT2D eigenvalue weighted by Crippen LogP contribution is -2.37. The van der Waals surface area contributed by atoms with Crippen LogP contribution in [0.1, 0.15) is 46.6 Å². The second-order valence-corrected chi connectivity index (χ2v) is 6.24. The predicted molar refractivity (Wildman–Crippen MR) is 86.9 cm³/mol. The second kappa shape index (κ2) is 7.11. The van der Waals surface area contributed by atoms with E-state index in [2.05, 4.69) is 15.1 Å². The number of carbonyl (C=O) groups excluding carboxylic acids is 1. The number of β-amino-alcohol motifs (C(OH)–C–C–N with tert-alkyl or cyclic N) is 1. The number of aromatic amines is 1. The SMILES string of the molecule is NC(=O)c1cc([C@@H]2CCCN(C[C@H](O)c3cccc(F)c3)C2)[nH]n1. The van der Waals surface area contributed by atoms with Crippen molar-refractivity contribution in [2.75, 3.05) is 19.6 Å². The van der Waals surface area contributed by atoms with E-state index in [4.69, 9.17) is 5.73 Å². The Labute approximate surface area is 139 Å². The molecule has 1 aliphatic heterocycles. The molecule has 2 atom stereocenters. The van der Waals surface area contributed by atoms with Crippen LogP contribution in [0.2, 0.25) is 0 Å². The van der Waals surface area contributed by atoms with Gasteiger partial charge in [-0.15, -0.1) is 0 Å². The standard InChI is InChI=1S/C17H21FN4O2/c18-13-5-1-3-11(7-13)16(23)10-22-6-2-4-12(9-22)14-8-15(17(19)24)21-20-14/h1,3,5,7-8,12,16,23H,2,4,6,9-10H2,(H2,19,24)(H,20,21)/t12-,16+/m1/s1. The predicted octanol–water partition coefficient (Wildman–Crippen LogP) is 1.56. The smallest absolute Gasteiger partial charge is 0.269 e. The fourth-order valence-electron chi connectivity index (χ4n) is 3.21. The van der Waals surface area contributed by atoms with E-state index in [-0.39, 0.29) is 17.4 Å². The number of likely N-dealkylation sites (tertiary alicyclic amines) is 1. The summed E-state index contributed by atoms with van der Waals surface area (Å²) in [5, 5.41) is 17.1. The average Bonchev–Trinajstić information content (AvgIpc) is 3.05. The molecule has 0 aliphatic carbocycles. The van der Waals surface area contributed by atoms with Gasteiger partial charge in [0.15, 0.2) is 0 Å². The highest BCUT2D eigenvalue weighted by atomic mass is 19.1. The van der Waals surface area contributed by atoms with Gasteiger partial charge in [-0.25, -0.2) is 4.39 Å². The van der Waals surface area contributed by atoms with Crippen LogP contribution in [0, 0.1) is 5.82 Å². The number of aromatic nitrogens is 2. The van der Waals surface area contributed by atoms with Crippen LogP contribution < -0.4 is 5.73 Å². The maximum Gasteiger partial charge on any atom is 0.269 e. The molecule has 2 heterocycles. The zero-order valence-corrected chi connectivity index (χ0v) is 13.3. The Balaban J connectivity index is 1.63. The molecule has 1 aromatic heterocycles. The number of hydrogen-bond donors (Lipinski definition) is 3. The number of rotatable bonds is 5. The van der Waals surface area contributed by atoms with Crippen molar-refractivity contribution in [3.8, 4) is 0 Å². The normalized spacial score (nSPS) is 20.0. The summed E-state index contributed by atoms with van der Waals surface area (Å²) >= 11 is 0. The zero-order valence-electron chi connectivity index (χ0n) is 13.3. The molecular formula is C17H21FN4O2. The Morgan fingerprint density at radius 2 is 2.33 bits per heavy atom. The van der Waals surface area contributed by atoms with Crippen molar-refractivity contribution in [1.29, 1.82) is 0 Å². The number of amides is 1. The summed E-state index contributed by atoms with van der Waals surface area (Å²) in [6, 6.07) is 7.74. The lowest BCUT2D eigenvalue weighted by molar-refractivity contribution is 0.0948. The Morgan fingerprint density at radius 1 is 1.50 bits per heavy atom. The molecule has 1 amide bonds. The maximum atomic E-state index is 13.3. The number of hydrogen-bond acceptors (Lipinski definition) is 4. The molecule has 1 aliphatic rings. The quantitative estimate of drug-likeness (QED) is 0.774. The number of aliphatic hydroxyl groups is 1. The van der Waals surface area contributed by atoms with Crippen LogP contribution in [0.4, 0.5) is 4.39 Å². The zero-order chi connectivity index (χ0) is 17.1. The van der Waals surface area contributed by atoms with Crippen molar-refractivity contribution < 1.29 is 14.3 Å². The van der Waals surface area contributed by atoms with Gasteiger partial charge in [0.25, 0.3) is 5.91 Å². The number of H-pyrrole nitrogens is 1. The number of nitrogens with zero attached hydrogens (tertiary/aromatic N) is 2. The van der Waals surface area contributed by atoms with E-state index >= 15 is 0 Å². The largest absolute Gasteiger partial charge is 0.387 e. The third-order valence-corrected chi connectivity index (χ3v) is 4.46. The van der Waals surface area contributed by atoms with Gasteiger partial charge in [0, 0.05) is 24.7 Å². The van der Waals surface area contributed by atoms with Crippen LogP contribution >= 0.6 is 0 Å². The number of nitrogens with one attached hydrogen (secondary N) is 1. The molecule has 0 bridgehead atoms. The van der Waals surface area contributed by atoms with E-state index in [1.807, 2.05) is 0 Å². The van der Waals surface area contributed by atoms with Crippen LogP contribution in [0.15, 0.2) is 30.3 Å². The average molecular weight is 332 g/mol. The minimum absolute atomic E-state index is 0.207. The number of piperidine rings is 1. The summed E-state index contributed by atoms with van der Waals surface area (Å²) < 4.78 is 13.3. The van der Waals surface area contributed by atoms with E-state index in [1.54, 1.807) is 18.2 Å². The van der Waals surface area contributed by atoms with Crippen LogP contribution in [0.3, 0.4) is 0 Å². The topological polar surface area (TPSA) is 95.2 Å². The van der Waals surface area contributed by atoms with Crippen molar-refractivity contribution in [1.82, 2.24) is 15.1 Å². The first-order valence-corrected chi connectivity index (χ1v) is 8.04. The van der Waals surface area contributed by atoms with Gasteiger partial charge < -0.3 is 10.8 Å². The van der Waals surface area contributed by atoms with Crippen molar-refractivity contribution in [2.45, 2.75) is 24.9 Å². The first-order chi connectivity index (χ1) is 11.5. The number of nitrogens with two attached hydrogens (primary N) is 1. The van der Waals surface area contributed by atoms with Crippen molar-refractivity contribution >= 4 is 5.91 Å². The molecule has 128 valence electrons. The molecule has 7 heteroatoms. The van der Waals surface area contributed by atoms with Gasteiger partial charge in [-0.2, -0.15) is 5.10 Å². The minimum Gasteiger partial charge on any atom is -0.387 e. The molecule has 4 N–H and O–H groups in total. The van der Waals surface area contributed by atoms with Gasteiger partial charge in [0.05, 0.1) is 6.10 Å². The molecule has 0 radical (unpaired) electrons. The Bertz CT molecular complexity index is 718. The summed E-state index contributed by atoms with van der Waals surface area (Å²) in [7, 11) is 0. The van der Waals surface area contributed by atoms with Gasteiger partial charge in [-0.3, -0.25) is 14.8 Å². The molecule has 6 nitrogen and oxygen atoms in total. The van der Waals surface area contributed by atoms with Crippen molar-refractivity contribution in [3.63, 3.8) is 0 Å². The number of primary amides is 1. The fourth-order valence-corrected chi connectivity index (χ4v) is 3.21. The first-order valence-electron chi connectivity index (χ1n) is 8.04. The minimum atomic E-state index is -0.734. The summed E-state index contributed by atoms with van der Waals surface area (Å²) in [6.45, 7) is 2.06. The molecule has 1 aromatic carbocycles. The van der Waals surface area contributed by atoms with Gasteiger partial charge >= 0.3 is 0 Å². The van der Waals surface area contributed by atoms with Gasteiger partial charge in [-0.05, 0) is 43.1 Å². The van der Waals surface area contributed by atoms with Gasteiger partial charge in [0.1, 0.15) is 11.5 Å². The Hall–Kier alpha value is -2.25. The second-order valence-electron chi connectivity index (χ2n) is 6.24. The molecule has 1 fully saturated rings. The lowest BCUT2D eigenvalue weighted by atomic mass is 9.94. The molecule has 3 rings (SSSR count). The third kappa shape index (κ3) is 3.80. The van der Waals surface area contributed by atoms with E-state index in [9.17, 15) is 14.3 Å². The highest BCUT2D eigenvalue weighted by Crippen LogP contribution is 2.27. The fraction of sp³-hybridized carbons (Fsp3) is 0.412. The summed E-state index contributed by atoms with van der Waals surface area (Å²) in [4.78, 5) is 13.3. The Kier molecular flexibility index (Phi) is 4.92. The number of benzene rings is 1. The molecule has 0 spiro atoms. The van der Waals surface area contributed by atoms with Gasteiger partial charge in [0.2, 0.25) is 0 Å². The number of carbonyl (C=O) groups is 1. The summed E-state index contributed by atoms with van der Waals surface area (Å²) in [6.07, 6.45) is 1.22. The lowest BCUT2D eigenvalue weighted by Gasteiger charge is -2.33. The summed E-state index contributed by atoms with van der Waals surface area (Å²) in [5.74, 6) is -0.690. The van der Waals surface area contributed by atoms with E-state index in [1.165, 1.54) is 12.1 Å². The molecule has 0 saturated carbocycles. The van der Waals surface area contributed by atoms with E-state index in [0.717, 1.165) is 31.6 Å². The van der Waals surface area contributed by atoms with Crippen LogP contribution in [0.5, 0.6) is 0 Å². The van der Waals surface area contributed by atoms with Crippen molar-refractivity contribution in [2.24, 2.45) is 5.73 Å². The van der Waals surface area contributed by atoms with E-state index < -0.39 is 12.0 Å². The molecule has 1 saturated heterocycles. The summed E-state index contributed by atoms with van der Waals surface area (Å²) in [5.41, 5.74) is 6.93. The highest BCUT2D eigenvalue weighted by molar-refractivity contribution is 5.90. The monoisotopic (exact) mass is 332 g/mol. The molecular weight excluding hydrogens is 311 g/mol. The van der Waals surface area contributed by atoms with Gasteiger partial charge in [-0.1, -0.05) is 12.1 Å². The Morgan fingerprint density at radius 3 is 3.04 bits per heavy atom. The number of halogens is 1.